The van der Waals surface area contributed by atoms with E-state index >= 15 is 0 Å². The number of carbonyl (C=O) groups excluding carboxylic acids is 2. The summed E-state index contributed by atoms with van der Waals surface area (Å²) in [6, 6.07) is 13.7. The molecule has 0 spiro atoms. The van der Waals surface area contributed by atoms with Gasteiger partial charge in [-0.1, -0.05) is 17.3 Å². The Kier molecular flexibility index (Phi) is 7.14. The first-order valence-electron chi connectivity index (χ1n) is 10.6. The predicted octanol–water partition coefficient (Wildman–Crippen LogP) is 0.926. The zero-order chi connectivity index (χ0) is 25.5. The molecule has 14 heteroatoms. The van der Waals surface area contributed by atoms with Crippen LogP contribution in [0.25, 0.3) is 17.1 Å². The molecule has 2 aromatic carbocycles. The number of hydrogen-bond acceptors (Lipinski definition) is 11. The van der Waals surface area contributed by atoms with Crippen LogP contribution in [0, 0.1) is 0 Å². The summed E-state index contributed by atoms with van der Waals surface area (Å²) < 4.78 is 16.7. The number of nitrogen functional groups attached to an aromatic ring is 1. The maximum Gasteiger partial charge on any atom is 0.294 e. The van der Waals surface area contributed by atoms with Gasteiger partial charge in [0.2, 0.25) is 11.6 Å². The summed E-state index contributed by atoms with van der Waals surface area (Å²) in [5, 5.41) is 19.3. The third-order valence-electron chi connectivity index (χ3n) is 4.64. The number of amides is 2. The molecule has 0 saturated carbocycles. The Bertz CT molecular complexity index is 1400. The topological polar surface area (TPSA) is 199 Å². The normalized spacial score (nSPS) is 10.9. The highest BCUT2D eigenvalue weighted by molar-refractivity contribution is 5.99. The zero-order valence-corrected chi connectivity index (χ0v) is 19.0. The summed E-state index contributed by atoms with van der Waals surface area (Å²) in [6.07, 6.45) is 1.43. The molecule has 2 aromatic heterocycles. The summed E-state index contributed by atoms with van der Waals surface area (Å²) >= 11 is 0. The zero-order valence-electron chi connectivity index (χ0n) is 19.0. The summed E-state index contributed by atoms with van der Waals surface area (Å²) in [6.45, 7) is 2.09. The summed E-state index contributed by atoms with van der Waals surface area (Å²) in [7, 11) is 0. The van der Waals surface area contributed by atoms with E-state index in [4.69, 9.17) is 20.9 Å². The Labute approximate surface area is 203 Å². The smallest absolute Gasteiger partial charge is 0.294 e. The Balaban J connectivity index is 1.58. The second kappa shape index (κ2) is 10.8. The highest BCUT2D eigenvalue weighted by Gasteiger charge is 2.25. The molecule has 0 aliphatic carbocycles. The van der Waals surface area contributed by atoms with Gasteiger partial charge in [0, 0.05) is 5.56 Å². The average molecular weight is 491 g/mol. The first-order chi connectivity index (χ1) is 17.5. The number of rotatable bonds is 10. The minimum Gasteiger partial charge on any atom is -0.494 e. The molecule has 0 saturated heterocycles. The lowest BCUT2D eigenvalue weighted by molar-refractivity contribution is -0.119. The van der Waals surface area contributed by atoms with E-state index in [9.17, 15) is 9.59 Å². The van der Waals surface area contributed by atoms with Crippen molar-refractivity contribution >= 4 is 23.8 Å². The van der Waals surface area contributed by atoms with Crippen molar-refractivity contribution in [3.05, 3.63) is 59.8 Å². The van der Waals surface area contributed by atoms with E-state index in [-0.39, 0.29) is 29.6 Å². The van der Waals surface area contributed by atoms with Gasteiger partial charge in [-0.15, -0.1) is 5.10 Å². The van der Waals surface area contributed by atoms with E-state index in [1.165, 1.54) is 10.9 Å². The number of nitrogens with zero attached hydrogens (tertiary/aromatic N) is 6. The molecule has 5 N–H and O–H groups in total. The fourth-order valence-corrected chi connectivity index (χ4v) is 3.10. The summed E-state index contributed by atoms with van der Waals surface area (Å²) in [5.41, 5.74) is 14.8. The molecular weight excluding hydrogens is 470 g/mol. The molecule has 0 fully saturated rings. The Morgan fingerprint density at radius 3 is 2.64 bits per heavy atom. The van der Waals surface area contributed by atoms with Crippen LogP contribution in [0.15, 0.2) is 58.3 Å². The Morgan fingerprint density at radius 1 is 1.14 bits per heavy atom. The van der Waals surface area contributed by atoms with Crippen molar-refractivity contribution in [2.45, 2.75) is 6.92 Å². The molecule has 0 aliphatic rings. The van der Waals surface area contributed by atoms with Crippen molar-refractivity contribution in [1.29, 1.82) is 0 Å². The largest absolute Gasteiger partial charge is 0.494 e. The van der Waals surface area contributed by atoms with E-state index in [2.05, 4.69) is 35.8 Å². The van der Waals surface area contributed by atoms with E-state index in [0.29, 0.717) is 29.2 Å². The van der Waals surface area contributed by atoms with Gasteiger partial charge in [-0.25, -0.2) is 10.1 Å². The van der Waals surface area contributed by atoms with Crippen LogP contribution >= 0.6 is 0 Å². The highest BCUT2D eigenvalue weighted by atomic mass is 16.6. The molecule has 14 nitrogen and oxygen atoms in total. The molecule has 4 aromatic rings. The number of primary amides is 1. The van der Waals surface area contributed by atoms with Crippen molar-refractivity contribution in [3.63, 3.8) is 0 Å². The Hall–Kier alpha value is -5.27. The van der Waals surface area contributed by atoms with E-state index in [1.54, 1.807) is 48.5 Å². The van der Waals surface area contributed by atoms with Crippen molar-refractivity contribution in [2.75, 3.05) is 18.9 Å². The minimum absolute atomic E-state index is 0.0321. The third-order valence-corrected chi connectivity index (χ3v) is 4.64. The number of hydrogen-bond donors (Lipinski definition) is 3. The Morgan fingerprint density at radius 2 is 1.94 bits per heavy atom. The molecule has 36 heavy (non-hydrogen) atoms. The van der Waals surface area contributed by atoms with Crippen molar-refractivity contribution < 1.29 is 23.7 Å². The minimum atomic E-state index is -0.634. The van der Waals surface area contributed by atoms with Crippen molar-refractivity contribution in [3.8, 4) is 28.6 Å². The van der Waals surface area contributed by atoms with Crippen LogP contribution in [0.3, 0.4) is 0 Å². The number of nitrogens with two attached hydrogens (primary N) is 2. The lowest BCUT2D eigenvalue weighted by Crippen LogP contribution is -2.20. The van der Waals surface area contributed by atoms with Gasteiger partial charge >= 0.3 is 0 Å². The van der Waals surface area contributed by atoms with E-state index < -0.39 is 11.8 Å². The number of ether oxygens (including phenoxy) is 2. The fourth-order valence-electron chi connectivity index (χ4n) is 3.10. The van der Waals surface area contributed by atoms with Gasteiger partial charge in [-0.2, -0.15) is 9.78 Å². The van der Waals surface area contributed by atoms with Gasteiger partial charge in [0.1, 0.15) is 17.2 Å². The quantitative estimate of drug-likeness (QED) is 0.212. The number of benzene rings is 2. The summed E-state index contributed by atoms with van der Waals surface area (Å²) in [4.78, 5) is 23.8. The molecule has 4 rings (SSSR count). The predicted molar refractivity (Wildman–Crippen MR) is 126 cm³/mol. The highest BCUT2D eigenvalue weighted by Crippen LogP contribution is 2.29. The third kappa shape index (κ3) is 5.44. The first-order valence-corrected chi connectivity index (χ1v) is 10.6. The fraction of sp³-hybridized carbons (Fsp3) is 0.136. The van der Waals surface area contributed by atoms with Crippen molar-refractivity contribution in [1.82, 2.24) is 30.7 Å². The molecule has 2 amide bonds. The van der Waals surface area contributed by atoms with Gasteiger partial charge in [0.15, 0.2) is 12.3 Å². The van der Waals surface area contributed by atoms with Crippen LogP contribution in [0.5, 0.6) is 11.5 Å². The molecule has 0 unspecified atom stereocenters. The lowest BCUT2D eigenvalue weighted by Gasteiger charge is -2.08. The number of nitrogens with one attached hydrogen (secondary N) is 1. The molecular formula is C22H21N9O5. The van der Waals surface area contributed by atoms with Crippen LogP contribution in [-0.2, 0) is 4.79 Å². The average Bonchev–Trinajstić information content (AvgIpc) is 3.50. The first kappa shape index (κ1) is 23.9. The SMILES string of the molecule is CCOc1cccc(-c2c(C(=O)NN=Cc3ccc(OCC(N)=O)cc3)nnn2-c2nonc2N)c1. The molecule has 0 aliphatic heterocycles. The maximum absolute atomic E-state index is 13.0. The maximum atomic E-state index is 13.0. The molecule has 0 radical (unpaired) electrons. The van der Waals surface area contributed by atoms with Crippen LogP contribution in [0.1, 0.15) is 23.0 Å². The summed E-state index contributed by atoms with van der Waals surface area (Å²) in [5.74, 6) is -0.123. The van der Waals surface area contributed by atoms with Crippen LogP contribution in [0.4, 0.5) is 5.82 Å². The number of carbonyl (C=O) groups is 2. The lowest BCUT2D eigenvalue weighted by atomic mass is 10.1. The number of aromatic nitrogens is 5. The van der Waals surface area contributed by atoms with Crippen molar-refractivity contribution in [2.24, 2.45) is 10.8 Å². The molecule has 0 bridgehead atoms. The molecule has 2 heterocycles. The van der Waals surface area contributed by atoms with E-state index in [0.717, 1.165) is 0 Å². The van der Waals surface area contributed by atoms with Crippen LogP contribution in [-0.4, -0.2) is 56.5 Å². The molecule has 184 valence electrons. The van der Waals surface area contributed by atoms with Gasteiger partial charge in [0.25, 0.3) is 11.8 Å². The number of anilines is 1. The van der Waals surface area contributed by atoms with E-state index in [1.807, 2.05) is 6.92 Å². The number of hydrazone groups is 1. The monoisotopic (exact) mass is 491 g/mol. The second-order valence-corrected chi connectivity index (χ2v) is 7.16. The van der Waals surface area contributed by atoms with Gasteiger partial charge in [-0.3, -0.25) is 9.59 Å². The molecule has 0 atom stereocenters. The van der Waals surface area contributed by atoms with Gasteiger partial charge in [-0.05, 0) is 59.2 Å². The second-order valence-electron chi connectivity index (χ2n) is 7.16. The van der Waals surface area contributed by atoms with Crippen LogP contribution in [0.2, 0.25) is 0 Å². The van der Waals surface area contributed by atoms with Gasteiger partial charge < -0.3 is 20.9 Å². The van der Waals surface area contributed by atoms with Gasteiger partial charge in [0.05, 0.1) is 12.8 Å². The standard InChI is InChI=1S/C22H21N9O5/c1-2-34-16-5-3-4-14(10-16)19-18(26-30-31(19)21-20(24)28-36-29-21)22(33)27-25-11-13-6-8-15(9-7-13)35-12-17(23)32/h3-11H,2,12H2,1H3,(H2,23,32)(H2,24,28)(H,27,33). The van der Waals surface area contributed by atoms with Crippen LogP contribution < -0.4 is 26.4 Å².